The molecule has 17 heavy (non-hydrogen) atoms. The highest BCUT2D eigenvalue weighted by atomic mass is 32.2. The molecule has 0 radical (unpaired) electrons. The van der Waals surface area contributed by atoms with E-state index >= 15 is 0 Å². The molecule has 1 atom stereocenters. The summed E-state index contributed by atoms with van der Waals surface area (Å²) in [5.41, 5.74) is 6.19. The van der Waals surface area contributed by atoms with Crippen LogP contribution in [-0.4, -0.2) is 36.4 Å². The molecule has 0 bridgehead atoms. The standard InChI is InChI=1S/C10H15N3O2S2/c1-7(6-17(2,14)15)13-9-5-8(10(11)16)3-4-12-9/h3-5,7H,6H2,1-2H3,(H2,11,16)(H,12,13). The summed E-state index contributed by atoms with van der Waals surface area (Å²) in [5.74, 6) is 0.609. The SMILES string of the molecule is CC(CS(C)(=O)=O)Nc1cc(C(N)=S)ccn1. The molecule has 0 fully saturated rings. The largest absolute Gasteiger partial charge is 0.389 e. The number of rotatable bonds is 5. The summed E-state index contributed by atoms with van der Waals surface area (Å²) in [6, 6.07) is 3.18. The fraction of sp³-hybridized carbons (Fsp3) is 0.400. The van der Waals surface area contributed by atoms with Crippen molar-refractivity contribution in [1.29, 1.82) is 0 Å². The molecule has 1 aromatic rings. The Balaban J connectivity index is 2.75. The number of anilines is 1. The summed E-state index contributed by atoms with van der Waals surface area (Å²) in [7, 11) is -3.01. The van der Waals surface area contributed by atoms with Gasteiger partial charge in [0, 0.05) is 24.1 Å². The summed E-state index contributed by atoms with van der Waals surface area (Å²) in [4.78, 5) is 4.35. The zero-order valence-electron chi connectivity index (χ0n) is 9.67. The van der Waals surface area contributed by atoms with E-state index in [9.17, 15) is 8.42 Å². The summed E-state index contributed by atoms with van der Waals surface area (Å²) in [6.07, 6.45) is 2.77. The second-order valence-electron chi connectivity index (χ2n) is 3.93. The molecule has 1 heterocycles. The molecule has 1 rings (SSSR count). The first-order chi connectivity index (χ1) is 7.78. The average molecular weight is 273 g/mol. The highest BCUT2D eigenvalue weighted by molar-refractivity contribution is 7.90. The van der Waals surface area contributed by atoms with Gasteiger partial charge in [-0.3, -0.25) is 0 Å². The Bertz CT molecular complexity index is 514. The molecule has 1 unspecified atom stereocenters. The van der Waals surface area contributed by atoms with Gasteiger partial charge in [-0.25, -0.2) is 13.4 Å². The van der Waals surface area contributed by atoms with E-state index in [1.54, 1.807) is 25.3 Å². The predicted molar refractivity (Wildman–Crippen MR) is 72.9 cm³/mol. The minimum absolute atomic E-state index is 0.0476. The predicted octanol–water partition coefficient (Wildman–Crippen LogP) is 0.561. The van der Waals surface area contributed by atoms with Gasteiger partial charge in [0.1, 0.15) is 20.6 Å². The fourth-order valence-corrected chi connectivity index (χ4v) is 2.53. The van der Waals surface area contributed by atoms with Crippen molar-refractivity contribution in [3.63, 3.8) is 0 Å². The van der Waals surface area contributed by atoms with Crippen LogP contribution in [0.5, 0.6) is 0 Å². The number of thiocarbonyl (C=S) groups is 1. The summed E-state index contributed by atoms with van der Waals surface area (Å²) < 4.78 is 22.2. The molecule has 3 N–H and O–H groups in total. The van der Waals surface area contributed by atoms with Gasteiger partial charge < -0.3 is 11.1 Å². The van der Waals surface area contributed by atoms with Gasteiger partial charge >= 0.3 is 0 Å². The van der Waals surface area contributed by atoms with Crippen molar-refractivity contribution in [1.82, 2.24) is 4.98 Å². The molecule has 5 nitrogen and oxygen atoms in total. The molecule has 0 amide bonds. The van der Waals surface area contributed by atoms with Crippen LogP contribution in [0.2, 0.25) is 0 Å². The third kappa shape index (κ3) is 5.10. The third-order valence-electron chi connectivity index (χ3n) is 1.99. The molecule has 7 heteroatoms. The maximum absolute atomic E-state index is 11.1. The van der Waals surface area contributed by atoms with Crippen LogP contribution in [0.25, 0.3) is 0 Å². The van der Waals surface area contributed by atoms with Crippen LogP contribution in [0.3, 0.4) is 0 Å². The van der Waals surface area contributed by atoms with Crippen molar-refractivity contribution in [2.45, 2.75) is 13.0 Å². The smallest absolute Gasteiger partial charge is 0.149 e. The van der Waals surface area contributed by atoms with Crippen molar-refractivity contribution < 1.29 is 8.42 Å². The Morgan fingerprint density at radius 3 is 2.82 bits per heavy atom. The van der Waals surface area contributed by atoms with Gasteiger partial charge in [-0.05, 0) is 19.1 Å². The molecule has 0 saturated heterocycles. The molecule has 0 aliphatic rings. The van der Waals surface area contributed by atoms with E-state index in [1.165, 1.54) is 6.26 Å². The third-order valence-corrected chi connectivity index (χ3v) is 3.33. The lowest BCUT2D eigenvalue weighted by Crippen LogP contribution is -2.25. The number of nitrogens with zero attached hydrogens (tertiary/aromatic N) is 1. The van der Waals surface area contributed by atoms with E-state index in [1.807, 2.05) is 0 Å². The lowest BCUT2D eigenvalue weighted by atomic mass is 10.2. The molecular weight excluding hydrogens is 258 g/mol. The molecule has 94 valence electrons. The highest BCUT2D eigenvalue weighted by Gasteiger charge is 2.11. The van der Waals surface area contributed by atoms with Crippen molar-refractivity contribution >= 4 is 32.9 Å². The molecule has 0 aliphatic heterocycles. The van der Waals surface area contributed by atoms with Gasteiger partial charge in [-0.2, -0.15) is 0 Å². The Hall–Kier alpha value is -1.21. The zero-order valence-corrected chi connectivity index (χ0v) is 11.3. The maximum Gasteiger partial charge on any atom is 0.149 e. The minimum Gasteiger partial charge on any atom is -0.389 e. The van der Waals surface area contributed by atoms with E-state index in [4.69, 9.17) is 18.0 Å². The number of pyridine rings is 1. The highest BCUT2D eigenvalue weighted by Crippen LogP contribution is 2.08. The first-order valence-corrected chi connectivity index (χ1v) is 7.45. The molecule has 0 aliphatic carbocycles. The van der Waals surface area contributed by atoms with Gasteiger partial charge in [0.05, 0.1) is 5.75 Å². The lowest BCUT2D eigenvalue weighted by Gasteiger charge is -2.13. The topological polar surface area (TPSA) is 85.1 Å². The minimum atomic E-state index is -3.01. The van der Waals surface area contributed by atoms with Gasteiger partial charge in [-0.15, -0.1) is 0 Å². The summed E-state index contributed by atoms with van der Waals surface area (Å²) >= 11 is 4.85. The van der Waals surface area contributed by atoms with Crippen molar-refractivity contribution in [2.75, 3.05) is 17.3 Å². The normalized spacial score (nSPS) is 13.1. The number of hydrogen-bond acceptors (Lipinski definition) is 5. The van der Waals surface area contributed by atoms with Crippen LogP contribution in [0.15, 0.2) is 18.3 Å². The fourth-order valence-electron chi connectivity index (χ4n) is 1.41. The van der Waals surface area contributed by atoms with Gasteiger partial charge in [0.2, 0.25) is 0 Å². The zero-order chi connectivity index (χ0) is 13.1. The maximum atomic E-state index is 11.1. The Kier molecular flexibility index (Phi) is 4.41. The van der Waals surface area contributed by atoms with Crippen molar-refractivity contribution in [3.8, 4) is 0 Å². The van der Waals surface area contributed by atoms with Crippen LogP contribution < -0.4 is 11.1 Å². The average Bonchev–Trinajstić information content (AvgIpc) is 2.14. The van der Waals surface area contributed by atoms with Crippen LogP contribution in [-0.2, 0) is 9.84 Å². The second-order valence-corrected chi connectivity index (χ2v) is 6.56. The molecule has 0 spiro atoms. The van der Waals surface area contributed by atoms with Crippen LogP contribution in [0.4, 0.5) is 5.82 Å². The first-order valence-electron chi connectivity index (χ1n) is 4.98. The summed E-state index contributed by atoms with van der Waals surface area (Å²) in [5, 5.41) is 2.99. The van der Waals surface area contributed by atoms with Gasteiger partial charge in [-0.1, -0.05) is 12.2 Å². The number of hydrogen-bond donors (Lipinski definition) is 2. The van der Waals surface area contributed by atoms with Gasteiger partial charge in [0.15, 0.2) is 0 Å². The van der Waals surface area contributed by atoms with E-state index in [-0.39, 0.29) is 16.8 Å². The molecule has 0 saturated carbocycles. The number of nitrogens with one attached hydrogen (secondary N) is 1. The molecule has 1 aromatic heterocycles. The number of sulfone groups is 1. The Morgan fingerprint density at radius 2 is 2.29 bits per heavy atom. The quantitative estimate of drug-likeness (QED) is 0.763. The summed E-state index contributed by atoms with van der Waals surface area (Å²) in [6.45, 7) is 1.77. The second kappa shape index (κ2) is 5.42. The van der Waals surface area contributed by atoms with E-state index in [0.29, 0.717) is 11.4 Å². The monoisotopic (exact) mass is 273 g/mol. The number of nitrogens with two attached hydrogens (primary N) is 1. The van der Waals surface area contributed by atoms with E-state index in [2.05, 4.69) is 10.3 Å². The Morgan fingerprint density at radius 1 is 1.65 bits per heavy atom. The van der Waals surface area contributed by atoms with Crippen LogP contribution in [0, 0.1) is 0 Å². The van der Waals surface area contributed by atoms with Crippen LogP contribution >= 0.6 is 12.2 Å². The lowest BCUT2D eigenvalue weighted by molar-refractivity contribution is 0.598. The number of aromatic nitrogens is 1. The van der Waals surface area contributed by atoms with E-state index in [0.717, 1.165) is 0 Å². The first kappa shape index (κ1) is 13.9. The molecular formula is C10H15N3O2S2. The van der Waals surface area contributed by atoms with Crippen molar-refractivity contribution in [3.05, 3.63) is 23.9 Å². The van der Waals surface area contributed by atoms with Crippen LogP contribution in [0.1, 0.15) is 12.5 Å². The van der Waals surface area contributed by atoms with Gasteiger partial charge in [0.25, 0.3) is 0 Å². The molecule has 0 aromatic carbocycles. The van der Waals surface area contributed by atoms with E-state index < -0.39 is 9.84 Å². The Labute approximate surface area is 106 Å². The van der Waals surface area contributed by atoms with Crippen molar-refractivity contribution in [2.24, 2.45) is 5.73 Å².